The molecule has 0 aromatic heterocycles. The van der Waals surface area contributed by atoms with E-state index in [1.165, 1.54) is 25.3 Å². The molecule has 0 saturated heterocycles. The molecule has 0 spiro atoms. The lowest BCUT2D eigenvalue weighted by atomic mass is 10.1. The number of hydrogen-bond donors (Lipinski definition) is 3. The van der Waals surface area contributed by atoms with Gasteiger partial charge in [0.1, 0.15) is 11.5 Å². The van der Waals surface area contributed by atoms with Gasteiger partial charge >= 0.3 is 0 Å². The van der Waals surface area contributed by atoms with Crippen LogP contribution in [0.2, 0.25) is 0 Å². The van der Waals surface area contributed by atoms with Crippen molar-refractivity contribution in [3.05, 3.63) is 23.8 Å². The molecule has 3 nitrogen and oxygen atoms in total. The van der Waals surface area contributed by atoms with Crippen LogP contribution in [-0.4, -0.2) is 16.8 Å². The summed E-state index contributed by atoms with van der Waals surface area (Å²) >= 11 is 0. The maximum atomic E-state index is 9.63. The van der Waals surface area contributed by atoms with Crippen LogP contribution in [0.25, 0.3) is 0 Å². The number of benzene rings is 1. The maximum Gasteiger partial charge on any atom is 0.123 e. The Labute approximate surface area is 102 Å². The number of phenolic OH excluding ortho intramolecular Hbond substituents is 2. The van der Waals surface area contributed by atoms with E-state index in [0.717, 1.165) is 23.9 Å². The van der Waals surface area contributed by atoms with Crippen molar-refractivity contribution in [1.82, 2.24) is 5.32 Å². The zero-order valence-electron chi connectivity index (χ0n) is 10.3. The third-order valence-corrected chi connectivity index (χ3v) is 3.62. The van der Waals surface area contributed by atoms with Gasteiger partial charge in [-0.05, 0) is 37.3 Å². The Bertz CT molecular complexity index is 378. The van der Waals surface area contributed by atoms with Crippen molar-refractivity contribution >= 4 is 0 Å². The molecule has 0 amide bonds. The zero-order chi connectivity index (χ0) is 12.3. The van der Waals surface area contributed by atoms with Crippen molar-refractivity contribution < 1.29 is 10.2 Å². The van der Waals surface area contributed by atoms with Gasteiger partial charge in [0.15, 0.2) is 0 Å². The third-order valence-electron chi connectivity index (χ3n) is 3.62. The molecule has 1 fully saturated rings. The van der Waals surface area contributed by atoms with Crippen LogP contribution in [-0.2, 0) is 6.54 Å². The van der Waals surface area contributed by atoms with E-state index >= 15 is 0 Å². The summed E-state index contributed by atoms with van der Waals surface area (Å²) in [4.78, 5) is 0. The van der Waals surface area contributed by atoms with Crippen LogP contribution in [0.1, 0.15) is 31.7 Å². The van der Waals surface area contributed by atoms with E-state index in [2.05, 4.69) is 12.2 Å². The molecule has 0 bridgehead atoms. The first-order valence-corrected chi connectivity index (χ1v) is 6.36. The molecule has 0 radical (unpaired) electrons. The van der Waals surface area contributed by atoms with Crippen LogP contribution in [0.15, 0.2) is 18.2 Å². The molecular weight excluding hydrogens is 214 g/mol. The minimum absolute atomic E-state index is 0.107. The molecule has 1 aliphatic rings. The second-order valence-electron chi connectivity index (χ2n) is 5.23. The lowest BCUT2D eigenvalue weighted by Gasteiger charge is -2.12. The number of rotatable bonds is 4. The number of hydrogen-bond acceptors (Lipinski definition) is 3. The second-order valence-corrected chi connectivity index (χ2v) is 5.23. The summed E-state index contributed by atoms with van der Waals surface area (Å²) in [5.74, 6) is 1.92. The molecule has 0 aliphatic heterocycles. The van der Waals surface area contributed by atoms with Crippen molar-refractivity contribution in [2.45, 2.75) is 32.7 Å². The molecule has 0 heterocycles. The van der Waals surface area contributed by atoms with E-state index in [9.17, 15) is 10.2 Å². The molecule has 94 valence electrons. The molecule has 1 aromatic carbocycles. The zero-order valence-corrected chi connectivity index (χ0v) is 10.3. The highest BCUT2D eigenvalue weighted by molar-refractivity contribution is 5.38. The van der Waals surface area contributed by atoms with Crippen LogP contribution >= 0.6 is 0 Å². The lowest BCUT2D eigenvalue weighted by molar-refractivity contribution is 0.436. The molecule has 3 N–H and O–H groups in total. The van der Waals surface area contributed by atoms with Gasteiger partial charge in [0.25, 0.3) is 0 Å². The van der Waals surface area contributed by atoms with Crippen molar-refractivity contribution in [1.29, 1.82) is 0 Å². The molecule has 1 aliphatic carbocycles. The van der Waals surface area contributed by atoms with Gasteiger partial charge in [0.05, 0.1) is 0 Å². The standard InChI is InChI=1S/C14H21NO2/c1-10-2-3-11(6-10)8-15-9-12-4-5-13(16)7-14(12)17/h4-5,7,10-11,15-17H,2-3,6,8-9H2,1H3. The monoisotopic (exact) mass is 235 g/mol. The summed E-state index contributed by atoms with van der Waals surface area (Å²) < 4.78 is 0. The Balaban J connectivity index is 1.78. The van der Waals surface area contributed by atoms with E-state index in [4.69, 9.17) is 0 Å². The van der Waals surface area contributed by atoms with E-state index in [1.54, 1.807) is 12.1 Å². The normalized spacial score (nSPS) is 24.1. The molecule has 2 rings (SSSR count). The van der Waals surface area contributed by atoms with Gasteiger partial charge in [-0.2, -0.15) is 0 Å². The van der Waals surface area contributed by atoms with Crippen molar-refractivity contribution in [3.63, 3.8) is 0 Å². The molecule has 17 heavy (non-hydrogen) atoms. The van der Waals surface area contributed by atoms with Crippen molar-refractivity contribution in [2.75, 3.05) is 6.54 Å². The Morgan fingerprint density at radius 2 is 2.12 bits per heavy atom. The molecule has 3 heteroatoms. The fourth-order valence-corrected chi connectivity index (χ4v) is 2.62. The Kier molecular flexibility index (Phi) is 3.89. The summed E-state index contributed by atoms with van der Waals surface area (Å²) in [5.41, 5.74) is 0.842. The van der Waals surface area contributed by atoms with E-state index in [0.29, 0.717) is 6.54 Å². The number of phenols is 2. The molecular formula is C14H21NO2. The predicted octanol–water partition coefficient (Wildman–Crippen LogP) is 2.62. The molecule has 2 unspecified atom stereocenters. The number of aromatic hydroxyl groups is 2. The highest BCUT2D eigenvalue weighted by atomic mass is 16.3. The van der Waals surface area contributed by atoms with Crippen molar-refractivity contribution in [3.8, 4) is 11.5 Å². The van der Waals surface area contributed by atoms with Crippen LogP contribution in [0.3, 0.4) is 0 Å². The molecule has 1 aromatic rings. The second kappa shape index (κ2) is 5.41. The third kappa shape index (κ3) is 3.37. The first-order chi connectivity index (χ1) is 8.15. The van der Waals surface area contributed by atoms with E-state index in [1.807, 2.05) is 0 Å². The quantitative estimate of drug-likeness (QED) is 0.752. The van der Waals surface area contributed by atoms with Crippen LogP contribution in [0.4, 0.5) is 0 Å². The lowest BCUT2D eigenvalue weighted by Crippen LogP contribution is -2.21. The van der Waals surface area contributed by atoms with Crippen molar-refractivity contribution in [2.24, 2.45) is 11.8 Å². The highest BCUT2D eigenvalue weighted by Crippen LogP contribution is 2.29. The van der Waals surface area contributed by atoms with Gasteiger partial charge in [0, 0.05) is 18.2 Å². The smallest absolute Gasteiger partial charge is 0.123 e. The van der Waals surface area contributed by atoms with Crippen LogP contribution in [0.5, 0.6) is 11.5 Å². The number of nitrogens with one attached hydrogen (secondary N) is 1. The van der Waals surface area contributed by atoms with Gasteiger partial charge < -0.3 is 15.5 Å². The summed E-state index contributed by atoms with van der Waals surface area (Å²) in [5, 5.41) is 22.2. The van der Waals surface area contributed by atoms with E-state index in [-0.39, 0.29) is 11.5 Å². The fourth-order valence-electron chi connectivity index (χ4n) is 2.62. The van der Waals surface area contributed by atoms with Gasteiger partial charge in [-0.3, -0.25) is 0 Å². The van der Waals surface area contributed by atoms with Gasteiger partial charge in [0.2, 0.25) is 0 Å². The molecule has 2 atom stereocenters. The largest absolute Gasteiger partial charge is 0.508 e. The molecule has 1 saturated carbocycles. The average Bonchev–Trinajstić information content (AvgIpc) is 2.68. The Hall–Kier alpha value is -1.22. The predicted molar refractivity (Wildman–Crippen MR) is 68.0 cm³/mol. The Morgan fingerprint density at radius 1 is 1.29 bits per heavy atom. The van der Waals surface area contributed by atoms with Crippen LogP contribution < -0.4 is 5.32 Å². The van der Waals surface area contributed by atoms with Crippen LogP contribution in [0, 0.1) is 11.8 Å². The first-order valence-electron chi connectivity index (χ1n) is 6.36. The van der Waals surface area contributed by atoms with Gasteiger partial charge in [-0.15, -0.1) is 0 Å². The minimum Gasteiger partial charge on any atom is -0.508 e. The summed E-state index contributed by atoms with van der Waals surface area (Å²) in [6, 6.07) is 4.75. The summed E-state index contributed by atoms with van der Waals surface area (Å²) in [7, 11) is 0. The SMILES string of the molecule is CC1CCC(CNCc2ccc(O)cc2O)C1. The summed E-state index contributed by atoms with van der Waals surface area (Å²) in [6.45, 7) is 3.99. The highest BCUT2D eigenvalue weighted by Gasteiger charge is 2.20. The van der Waals surface area contributed by atoms with E-state index < -0.39 is 0 Å². The average molecular weight is 235 g/mol. The minimum atomic E-state index is 0.107. The summed E-state index contributed by atoms with van der Waals surface area (Å²) in [6.07, 6.45) is 3.97. The Morgan fingerprint density at radius 3 is 2.76 bits per heavy atom. The van der Waals surface area contributed by atoms with Gasteiger partial charge in [-0.1, -0.05) is 19.4 Å². The fraction of sp³-hybridized carbons (Fsp3) is 0.571. The first kappa shape index (κ1) is 12.2. The topological polar surface area (TPSA) is 52.5 Å². The van der Waals surface area contributed by atoms with Gasteiger partial charge in [-0.25, -0.2) is 0 Å². The maximum absolute atomic E-state index is 9.63.